The molecule has 0 spiro atoms. The van der Waals surface area contributed by atoms with Gasteiger partial charge in [0, 0.05) is 12.8 Å². The van der Waals surface area contributed by atoms with Gasteiger partial charge >= 0.3 is 5.97 Å². The quantitative estimate of drug-likeness (QED) is 0.485. The average molecular weight is 402 g/mol. The summed E-state index contributed by atoms with van der Waals surface area (Å²) < 4.78 is 15.4. The van der Waals surface area contributed by atoms with Gasteiger partial charge in [0.2, 0.25) is 11.8 Å². The third-order valence-corrected chi connectivity index (χ3v) is 4.05. The molecule has 29 heavy (non-hydrogen) atoms. The average Bonchev–Trinajstić information content (AvgIpc) is 3.02. The molecule has 0 aliphatic carbocycles. The minimum absolute atomic E-state index is 0.0812. The maximum Gasteiger partial charge on any atom is 0.342 e. The number of esters is 1. The van der Waals surface area contributed by atoms with Crippen molar-refractivity contribution in [2.75, 3.05) is 19.0 Å². The zero-order valence-corrected chi connectivity index (χ0v) is 16.4. The zero-order valence-electron chi connectivity index (χ0n) is 16.4. The molecule has 0 unspecified atom stereocenters. The summed E-state index contributed by atoms with van der Waals surface area (Å²) >= 11 is 0. The summed E-state index contributed by atoms with van der Waals surface area (Å²) in [5.74, 6) is -2.37. The minimum atomic E-state index is -0.953. The Balaban J connectivity index is 2.13. The highest BCUT2D eigenvalue weighted by Crippen LogP contribution is 2.28. The molecular weight excluding hydrogens is 380 g/mol. The van der Waals surface area contributed by atoms with E-state index in [4.69, 9.17) is 19.6 Å². The summed E-state index contributed by atoms with van der Waals surface area (Å²) in [5.41, 5.74) is 5.29. The van der Waals surface area contributed by atoms with Crippen LogP contribution >= 0.6 is 0 Å². The molecule has 0 radical (unpaired) electrons. The second kappa shape index (κ2) is 9.54. The van der Waals surface area contributed by atoms with E-state index in [0.717, 1.165) is 0 Å². The van der Waals surface area contributed by atoms with Crippen molar-refractivity contribution in [3.05, 3.63) is 46.7 Å². The van der Waals surface area contributed by atoms with Crippen LogP contribution in [0.1, 0.15) is 56.6 Å². The van der Waals surface area contributed by atoms with Crippen LogP contribution in [0.5, 0.6) is 5.75 Å². The summed E-state index contributed by atoms with van der Waals surface area (Å²) in [6.45, 7) is 3.15. The predicted molar refractivity (Wildman–Crippen MR) is 103 cm³/mol. The number of hydrogen-bond donors (Lipinski definition) is 2. The molecule has 2 rings (SSSR count). The fourth-order valence-corrected chi connectivity index (χ4v) is 2.74. The lowest BCUT2D eigenvalue weighted by atomic mass is 10.1. The maximum atomic E-state index is 12.4. The van der Waals surface area contributed by atoms with Crippen molar-refractivity contribution in [3.8, 4) is 5.75 Å². The van der Waals surface area contributed by atoms with Gasteiger partial charge in [-0.2, -0.15) is 0 Å². The minimum Gasteiger partial charge on any atom is -0.496 e. The second-order valence-electron chi connectivity index (χ2n) is 5.99. The Labute approximate surface area is 167 Å². The molecule has 0 aliphatic rings. The number of Topliss-reactive ketones (excluding diaryl/α,β-unsaturated/α-hetero) is 1. The fraction of sp³-hybridized carbons (Fsp3) is 0.300. The van der Waals surface area contributed by atoms with Crippen LogP contribution in [0, 0.1) is 6.92 Å². The van der Waals surface area contributed by atoms with E-state index in [9.17, 15) is 19.2 Å². The first-order valence-corrected chi connectivity index (χ1v) is 8.86. The number of hydrogen-bond acceptors (Lipinski definition) is 7. The van der Waals surface area contributed by atoms with E-state index < -0.39 is 17.8 Å². The summed E-state index contributed by atoms with van der Waals surface area (Å²) in [6, 6.07) is 6.67. The number of carbonyl (C=O) groups excluding carboxylic acids is 4. The highest BCUT2D eigenvalue weighted by molar-refractivity contribution is 6.11. The van der Waals surface area contributed by atoms with Gasteiger partial charge in [0.05, 0.1) is 19.3 Å². The molecule has 0 saturated heterocycles. The van der Waals surface area contributed by atoms with Crippen LogP contribution in [0.3, 0.4) is 0 Å². The molecule has 154 valence electrons. The van der Waals surface area contributed by atoms with E-state index in [1.807, 2.05) is 0 Å². The Bertz CT molecular complexity index is 946. The SMILES string of the molecule is CCOC(=O)c1c(C)oc(NC(=O)CCC(=O)c2ccccc2OC)c1C(N)=O. The molecule has 0 bridgehead atoms. The van der Waals surface area contributed by atoms with Crippen LogP contribution in [0.2, 0.25) is 0 Å². The number of para-hydroxylation sites is 1. The van der Waals surface area contributed by atoms with Crippen LogP contribution in [0.15, 0.2) is 28.7 Å². The normalized spacial score (nSPS) is 10.3. The molecule has 1 heterocycles. The third kappa shape index (κ3) is 5.01. The zero-order chi connectivity index (χ0) is 21.6. The molecular formula is C20H22N2O7. The number of ether oxygens (including phenoxy) is 2. The van der Waals surface area contributed by atoms with E-state index >= 15 is 0 Å². The maximum absolute atomic E-state index is 12.4. The summed E-state index contributed by atoms with van der Waals surface area (Å²) in [4.78, 5) is 48.5. The number of ketones is 1. The van der Waals surface area contributed by atoms with Crippen molar-refractivity contribution in [1.29, 1.82) is 0 Å². The van der Waals surface area contributed by atoms with Crippen molar-refractivity contribution in [3.63, 3.8) is 0 Å². The van der Waals surface area contributed by atoms with Crippen molar-refractivity contribution in [1.82, 2.24) is 0 Å². The van der Waals surface area contributed by atoms with E-state index in [2.05, 4.69) is 5.32 Å². The lowest BCUT2D eigenvalue weighted by Gasteiger charge is -2.07. The Hall–Kier alpha value is -3.62. The number of rotatable bonds is 9. The molecule has 1 aromatic heterocycles. The molecule has 0 aliphatic heterocycles. The number of nitrogens with two attached hydrogens (primary N) is 1. The number of methoxy groups -OCH3 is 1. The van der Waals surface area contributed by atoms with Crippen LogP contribution in [0.25, 0.3) is 0 Å². The van der Waals surface area contributed by atoms with Gasteiger partial charge < -0.3 is 19.6 Å². The van der Waals surface area contributed by atoms with Crippen molar-refractivity contribution >= 4 is 29.5 Å². The molecule has 3 N–H and O–H groups in total. The van der Waals surface area contributed by atoms with Crippen LogP contribution in [0.4, 0.5) is 5.88 Å². The molecule has 9 heteroatoms. The van der Waals surface area contributed by atoms with Gasteiger partial charge in [-0.3, -0.25) is 19.7 Å². The number of aryl methyl sites for hydroxylation is 1. The van der Waals surface area contributed by atoms with Crippen molar-refractivity contribution in [2.24, 2.45) is 5.73 Å². The fourth-order valence-electron chi connectivity index (χ4n) is 2.74. The van der Waals surface area contributed by atoms with E-state index in [1.165, 1.54) is 14.0 Å². The second-order valence-corrected chi connectivity index (χ2v) is 5.99. The molecule has 2 amide bonds. The topological polar surface area (TPSA) is 138 Å². The molecule has 0 fully saturated rings. The number of anilines is 1. The van der Waals surface area contributed by atoms with Gasteiger partial charge in [0.25, 0.3) is 5.91 Å². The summed E-state index contributed by atoms with van der Waals surface area (Å²) in [7, 11) is 1.45. The Kier molecular flexibility index (Phi) is 7.13. The number of benzene rings is 1. The molecule has 1 aromatic carbocycles. The summed E-state index contributed by atoms with van der Waals surface area (Å²) in [6.07, 6.45) is -0.272. The number of furan rings is 1. The Morgan fingerprint density at radius 2 is 1.79 bits per heavy atom. The highest BCUT2D eigenvalue weighted by atomic mass is 16.5. The molecule has 0 saturated carbocycles. The number of amides is 2. The van der Waals surface area contributed by atoms with Crippen molar-refractivity contribution in [2.45, 2.75) is 26.7 Å². The number of carbonyl (C=O) groups is 4. The van der Waals surface area contributed by atoms with E-state index in [1.54, 1.807) is 31.2 Å². The molecule has 2 aromatic rings. The van der Waals surface area contributed by atoms with Gasteiger partial charge in [-0.05, 0) is 26.0 Å². The van der Waals surface area contributed by atoms with Crippen LogP contribution in [-0.2, 0) is 9.53 Å². The Morgan fingerprint density at radius 1 is 1.10 bits per heavy atom. The van der Waals surface area contributed by atoms with Gasteiger partial charge in [-0.15, -0.1) is 0 Å². The number of nitrogens with one attached hydrogen (secondary N) is 1. The lowest BCUT2D eigenvalue weighted by Crippen LogP contribution is -2.20. The summed E-state index contributed by atoms with van der Waals surface area (Å²) in [5, 5.41) is 2.39. The van der Waals surface area contributed by atoms with Gasteiger partial charge in [-0.1, -0.05) is 12.1 Å². The monoisotopic (exact) mass is 402 g/mol. The van der Waals surface area contributed by atoms with Crippen LogP contribution in [-0.4, -0.2) is 37.3 Å². The molecule has 0 atom stereocenters. The largest absolute Gasteiger partial charge is 0.496 e. The van der Waals surface area contributed by atoms with Crippen molar-refractivity contribution < 1.29 is 33.1 Å². The first-order valence-electron chi connectivity index (χ1n) is 8.86. The lowest BCUT2D eigenvalue weighted by molar-refractivity contribution is -0.116. The first-order chi connectivity index (χ1) is 13.8. The standard InChI is InChI=1S/C20H22N2O7/c1-4-28-20(26)16-11(2)29-19(17(16)18(21)25)22-15(24)10-9-13(23)12-7-5-6-8-14(12)27-3/h5-8H,4,9-10H2,1-3H3,(H2,21,25)(H,22,24). The van der Waals surface area contributed by atoms with Gasteiger partial charge in [0.1, 0.15) is 22.6 Å². The predicted octanol–water partition coefficient (Wildman–Crippen LogP) is 2.47. The smallest absolute Gasteiger partial charge is 0.342 e. The van der Waals surface area contributed by atoms with Gasteiger partial charge in [0.15, 0.2) is 5.78 Å². The third-order valence-electron chi connectivity index (χ3n) is 4.05. The van der Waals surface area contributed by atoms with Crippen LogP contribution < -0.4 is 15.8 Å². The Morgan fingerprint density at radius 3 is 2.41 bits per heavy atom. The van der Waals surface area contributed by atoms with Gasteiger partial charge in [-0.25, -0.2) is 4.79 Å². The number of primary amides is 1. The highest BCUT2D eigenvalue weighted by Gasteiger charge is 2.29. The van der Waals surface area contributed by atoms with E-state index in [-0.39, 0.29) is 48.0 Å². The first kappa shape index (κ1) is 21.7. The molecule has 9 nitrogen and oxygen atoms in total. The van der Waals surface area contributed by atoms with E-state index in [0.29, 0.717) is 11.3 Å².